The minimum absolute atomic E-state index is 0.133. The number of ether oxygens (including phenoxy) is 1. The number of halogens is 1. The summed E-state index contributed by atoms with van der Waals surface area (Å²) in [5, 5.41) is 7.69. The molecule has 5 nitrogen and oxygen atoms in total. The van der Waals surface area contributed by atoms with Crippen LogP contribution in [0.3, 0.4) is 0 Å². The van der Waals surface area contributed by atoms with Crippen LogP contribution in [0.2, 0.25) is 5.02 Å². The molecule has 0 bridgehead atoms. The molecule has 0 spiro atoms. The van der Waals surface area contributed by atoms with Crippen molar-refractivity contribution in [3.8, 4) is 5.75 Å². The largest absolute Gasteiger partial charge is 0.495 e. The van der Waals surface area contributed by atoms with Crippen LogP contribution in [0.25, 0.3) is 0 Å². The Bertz CT molecular complexity index is 992. The highest BCUT2D eigenvalue weighted by molar-refractivity contribution is 8.00. The molecule has 150 valence electrons. The molecule has 0 aliphatic heterocycles. The van der Waals surface area contributed by atoms with Gasteiger partial charge in [-0.05, 0) is 60.8 Å². The van der Waals surface area contributed by atoms with Crippen LogP contribution in [0, 0.1) is 0 Å². The van der Waals surface area contributed by atoms with E-state index in [4.69, 9.17) is 16.3 Å². The highest BCUT2D eigenvalue weighted by Crippen LogP contribution is 2.29. The topological polar surface area (TPSA) is 67.4 Å². The third-order valence-corrected chi connectivity index (χ3v) is 6.23. The summed E-state index contributed by atoms with van der Waals surface area (Å²) in [6.07, 6.45) is 0. The average Bonchev–Trinajstić information content (AvgIpc) is 3.24. The number of thioether (sulfide) groups is 1. The van der Waals surface area contributed by atoms with E-state index in [0.717, 1.165) is 4.90 Å². The Hall–Kier alpha value is -2.48. The molecule has 8 heteroatoms. The summed E-state index contributed by atoms with van der Waals surface area (Å²) in [5.74, 6) is 0.288. The smallest absolute Gasteiger partial charge is 0.265 e. The lowest BCUT2D eigenvalue weighted by molar-refractivity contribution is -0.115. The minimum Gasteiger partial charge on any atom is -0.495 e. The molecule has 1 atom stereocenters. The molecular weight excluding hydrogens is 428 g/mol. The maximum absolute atomic E-state index is 12.5. The van der Waals surface area contributed by atoms with Crippen molar-refractivity contribution in [2.24, 2.45) is 0 Å². The monoisotopic (exact) mass is 446 g/mol. The molecule has 1 aromatic heterocycles. The lowest BCUT2D eigenvalue weighted by Crippen LogP contribution is -2.22. The first-order chi connectivity index (χ1) is 14.0. The van der Waals surface area contributed by atoms with E-state index in [0.29, 0.717) is 27.0 Å². The maximum Gasteiger partial charge on any atom is 0.265 e. The normalized spacial score (nSPS) is 11.6. The standard InChI is InChI=1S/C21H19ClN2O3S2/c1-13(20(25)24-15-7-10-18(27-2)17(22)12-15)29-16-8-5-14(6-9-16)23-21(26)19-4-3-11-28-19/h3-13H,1-2H3,(H,23,26)(H,24,25). The van der Waals surface area contributed by atoms with Gasteiger partial charge in [0.25, 0.3) is 5.91 Å². The first-order valence-corrected chi connectivity index (χ1v) is 10.9. The molecule has 2 N–H and O–H groups in total. The Morgan fingerprint density at radius 2 is 1.79 bits per heavy atom. The van der Waals surface area contributed by atoms with Crippen molar-refractivity contribution in [2.45, 2.75) is 17.1 Å². The Labute approximate surface area is 182 Å². The number of hydrogen-bond acceptors (Lipinski definition) is 5. The summed E-state index contributed by atoms with van der Waals surface area (Å²) in [4.78, 5) is 26.1. The fourth-order valence-electron chi connectivity index (χ4n) is 2.46. The summed E-state index contributed by atoms with van der Waals surface area (Å²) < 4.78 is 5.11. The number of rotatable bonds is 7. The molecule has 0 saturated heterocycles. The average molecular weight is 447 g/mol. The van der Waals surface area contributed by atoms with E-state index in [1.54, 1.807) is 24.3 Å². The quantitative estimate of drug-likeness (QED) is 0.451. The Balaban J connectivity index is 1.55. The molecule has 1 heterocycles. The zero-order valence-corrected chi connectivity index (χ0v) is 18.2. The fourth-order valence-corrected chi connectivity index (χ4v) is 4.21. The number of nitrogens with one attached hydrogen (secondary N) is 2. The number of anilines is 2. The molecule has 1 unspecified atom stereocenters. The Kier molecular flexibility index (Phi) is 7.19. The van der Waals surface area contributed by atoms with Crippen LogP contribution in [-0.4, -0.2) is 24.2 Å². The SMILES string of the molecule is COc1ccc(NC(=O)C(C)Sc2ccc(NC(=O)c3cccs3)cc2)cc1Cl. The number of carbonyl (C=O) groups is 2. The van der Waals surface area contributed by atoms with E-state index in [2.05, 4.69) is 10.6 Å². The van der Waals surface area contributed by atoms with E-state index in [1.807, 2.05) is 42.6 Å². The highest BCUT2D eigenvalue weighted by Gasteiger charge is 2.15. The third kappa shape index (κ3) is 5.76. The van der Waals surface area contributed by atoms with Gasteiger partial charge < -0.3 is 15.4 Å². The molecule has 0 aliphatic rings. The van der Waals surface area contributed by atoms with Gasteiger partial charge in [-0.3, -0.25) is 9.59 Å². The van der Waals surface area contributed by atoms with Gasteiger partial charge in [0.1, 0.15) is 5.75 Å². The summed E-state index contributed by atoms with van der Waals surface area (Å²) in [5.41, 5.74) is 1.32. The van der Waals surface area contributed by atoms with Crippen molar-refractivity contribution >= 4 is 57.9 Å². The van der Waals surface area contributed by atoms with Gasteiger partial charge in [-0.2, -0.15) is 0 Å². The highest BCUT2D eigenvalue weighted by atomic mass is 35.5. The van der Waals surface area contributed by atoms with E-state index >= 15 is 0 Å². The predicted molar refractivity (Wildman–Crippen MR) is 121 cm³/mol. The molecule has 0 saturated carbocycles. The number of thiophene rings is 1. The van der Waals surface area contributed by atoms with Crippen molar-refractivity contribution in [2.75, 3.05) is 17.7 Å². The van der Waals surface area contributed by atoms with Crippen LogP contribution in [0.15, 0.2) is 64.9 Å². The molecule has 0 aliphatic carbocycles. The second kappa shape index (κ2) is 9.82. The van der Waals surface area contributed by atoms with Crippen molar-refractivity contribution in [1.29, 1.82) is 0 Å². The molecule has 0 radical (unpaired) electrons. The van der Waals surface area contributed by atoms with Gasteiger partial charge in [0.15, 0.2) is 0 Å². The zero-order valence-electron chi connectivity index (χ0n) is 15.8. The van der Waals surface area contributed by atoms with Crippen molar-refractivity contribution in [3.63, 3.8) is 0 Å². The maximum atomic E-state index is 12.5. The van der Waals surface area contributed by atoms with Gasteiger partial charge in [0.2, 0.25) is 5.91 Å². The fraction of sp³-hybridized carbons (Fsp3) is 0.143. The zero-order chi connectivity index (χ0) is 20.8. The first-order valence-electron chi connectivity index (χ1n) is 8.72. The third-order valence-electron chi connectivity index (χ3n) is 3.96. The summed E-state index contributed by atoms with van der Waals surface area (Å²) >= 11 is 8.92. The van der Waals surface area contributed by atoms with Crippen LogP contribution in [0.4, 0.5) is 11.4 Å². The second-order valence-electron chi connectivity index (χ2n) is 6.05. The lowest BCUT2D eigenvalue weighted by atomic mass is 10.3. The van der Waals surface area contributed by atoms with Gasteiger partial charge in [-0.15, -0.1) is 23.1 Å². The molecule has 3 rings (SSSR count). The number of carbonyl (C=O) groups excluding carboxylic acids is 2. The van der Waals surface area contributed by atoms with Crippen LogP contribution in [0.5, 0.6) is 5.75 Å². The lowest BCUT2D eigenvalue weighted by Gasteiger charge is -2.13. The van der Waals surface area contributed by atoms with E-state index < -0.39 is 0 Å². The summed E-state index contributed by atoms with van der Waals surface area (Å²) in [7, 11) is 1.54. The van der Waals surface area contributed by atoms with Crippen molar-refractivity contribution < 1.29 is 14.3 Å². The van der Waals surface area contributed by atoms with Crippen LogP contribution in [-0.2, 0) is 4.79 Å². The van der Waals surface area contributed by atoms with E-state index in [1.165, 1.54) is 30.2 Å². The molecule has 0 fully saturated rings. The molecule has 3 aromatic rings. The first kappa shape index (κ1) is 21.2. The van der Waals surface area contributed by atoms with Gasteiger partial charge in [0.05, 0.1) is 22.3 Å². The predicted octanol–water partition coefficient (Wildman–Crippen LogP) is 5.78. The van der Waals surface area contributed by atoms with Crippen molar-refractivity contribution in [3.05, 3.63) is 69.9 Å². The molecular formula is C21H19ClN2O3S2. The van der Waals surface area contributed by atoms with Gasteiger partial charge in [0, 0.05) is 16.3 Å². The second-order valence-corrected chi connectivity index (χ2v) is 8.82. The van der Waals surface area contributed by atoms with E-state index in [9.17, 15) is 9.59 Å². The minimum atomic E-state index is -0.317. The molecule has 29 heavy (non-hydrogen) atoms. The van der Waals surface area contributed by atoms with E-state index in [-0.39, 0.29) is 17.1 Å². The van der Waals surface area contributed by atoms with Gasteiger partial charge in [-0.25, -0.2) is 0 Å². The Morgan fingerprint density at radius 3 is 2.41 bits per heavy atom. The number of benzene rings is 2. The van der Waals surface area contributed by atoms with Crippen LogP contribution >= 0.6 is 34.7 Å². The molecule has 2 aromatic carbocycles. The Morgan fingerprint density at radius 1 is 1.07 bits per heavy atom. The number of hydrogen-bond donors (Lipinski definition) is 2. The number of methoxy groups -OCH3 is 1. The van der Waals surface area contributed by atoms with Gasteiger partial charge in [-0.1, -0.05) is 17.7 Å². The van der Waals surface area contributed by atoms with Crippen molar-refractivity contribution in [1.82, 2.24) is 0 Å². The van der Waals surface area contributed by atoms with Gasteiger partial charge >= 0.3 is 0 Å². The summed E-state index contributed by atoms with van der Waals surface area (Å²) in [6.45, 7) is 1.83. The van der Waals surface area contributed by atoms with Crippen LogP contribution < -0.4 is 15.4 Å². The van der Waals surface area contributed by atoms with Crippen LogP contribution in [0.1, 0.15) is 16.6 Å². The number of amides is 2. The molecule has 2 amide bonds. The summed E-state index contributed by atoms with van der Waals surface area (Å²) in [6, 6.07) is 16.1.